The van der Waals surface area contributed by atoms with Gasteiger partial charge in [0.05, 0.1) is 11.0 Å². The predicted molar refractivity (Wildman–Crippen MR) is 84.8 cm³/mol. The van der Waals surface area contributed by atoms with Crippen LogP contribution in [-0.4, -0.2) is 15.5 Å². The molecule has 108 valence electrons. The van der Waals surface area contributed by atoms with Crippen molar-refractivity contribution in [2.45, 2.75) is 6.92 Å². The molecule has 0 unspecified atom stereocenters. The molecule has 4 aromatic rings. The number of carbonyl (C=O) groups is 1. The van der Waals surface area contributed by atoms with Crippen molar-refractivity contribution in [1.82, 2.24) is 9.55 Å². The molecule has 0 aliphatic heterocycles. The summed E-state index contributed by atoms with van der Waals surface area (Å²) in [6.45, 7) is 1.98. The molecule has 0 fully saturated rings. The molecule has 0 aliphatic carbocycles. The van der Waals surface area contributed by atoms with Gasteiger partial charge >= 0.3 is 0 Å². The average Bonchev–Trinajstić information content (AvgIpc) is 3.09. The number of rotatable bonds is 1. The molecule has 22 heavy (non-hydrogen) atoms. The smallest absolute Gasteiger partial charge is 0.299 e. The second-order valence-electron chi connectivity index (χ2n) is 5.32. The lowest BCUT2D eigenvalue weighted by molar-refractivity contribution is 0.0939. The third kappa shape index (κ3) is 1.87. The van der Waals surface area contributed by atoms with Gasteiger partial charge in [0.1, 0.15) is 11.9 Å². The Balaban J connectivity index is 1.84. The highest BCUT2D eigenvalue weighted by atomic mass is 16.3. The summed E-state index contributed by atoms with van der Waals surface area (Å²) in [5.41, 5.74) is 9.53. The first kappa shape index (κ1) is 12.6. The van der Waals surface area contributed by atoms with Crippen LogP contribution in [0.25, 0.3) is 22.0 Å². The number of hydrogen-bond donors (Lipinski definition) is 1. The summed E-state index contributed by atoms with van der Waals surface area (Å²) < 4.78 is 7.16. The van der Waals surface area contributed by atoms with Crippen LogP contribution in [0.4, 0.5) is 5.69 Å². The topological polar surface area (TPSA) is 74.0 Å². The summed E-state index contributed by atoms with van der Waals surface area (Å²) >= 11 is 0. The maximum Gasteiger partial charge on any atom is 0.299 e. The van der Waals surface area contributed by atoms with Crippen LogP contribution >= 0.6 is 0 Å². The second-order valence-corrected chi connectivity index (χ2v) is 5.32. The lowest BCUT2D eigenvalue weighted by Crippen LogP contribution is -2.09. The molecular weight excluding hydrogens is 278 g/mol. The van der Waals surface area contributed by atoms with Crippen LogP contribution in [0, 0.1) is 6.92 Å². The fourth-order valence-corrected chi connectivity index (χ4v) is 2.55. The lowest BCUT2D eigenvalue weighted by atomic mass is 10.2. The first-order chi connectivity index (χ1) is 10.6. The van der Waals surface area contributed by atoms with Crippen LogP contribution < -0.4 is 5.73 Å². The number of furan rings is 1. The number of anilines is 1. The molecule has 2 aromatic heterocycles. The molecule has 0 saturated heterocycles. The summed E-state index contributed by atoms with van der Waals surface area (Å²) in [6.07, 6.45) is 1.49. The predicted octanol–water partition coefficient (Wildman–Crippen LogP) is 3.36. The van der Waals surface area contributed by atoms with Crippen molar-refractivity contribution in [2.24, 2.45) is 0 Å². The Hall–Kier alpha value is -3.08. The lowest BCUT2D eigenvalue weighted by Gasteiger charge is -2.00. The number of aromatic nitrogens is 2. The van der Waals surface area contributed by atoms with Gasteiger partial charge in [0.25, 0.3) is 5.91 Å². The van der Waals surface area contributed by atoms with E-state index in [0.29, 0.717) is 22.3 Å². The molecule has 0 atom stereocenters. The van der Waals surface area contributed by atoms with Gasteiger partial charge in [-0.3, -0.25) is 9.36 Å². The molecule has 5 nitrogen and oxygen atoms in total. The number of nitrogen functional groups attached to an aromatic ring is 1. The van der Waals surface area contributed by atoms with Gasteiger partial charge < -0.3 is 10.2 Å². The summed E-state index contributed by atoms with van der Waals surface area (Å²) in [7, 11) is 0. The van der Waals surface area contributed by atoms with Gasteiger partial charge in [-0.1, -0.05) is 12.1 Å². The zero-order valence-electron chi connectivity index (χ0n) is 11.9. The highest BCUT2D eigenvalue weighted by Crippen LogP contribution is 2.23. The highest BCUT2D eigenvalue weighted by Gasteiger charge is 2.17. The van der Waals surface area contributed by atoms with E-state index in [1.54, 1.807) is 24.3 Å². The van der Waals surface area contributed by atoms with Gasteiger partial charge in [0.15, 0.2) is 5.76 Å². The second kappa shape index (κ2) is 4.46. The molecule has 0 aliphatic rings. The third-order valence-corrected chi connectivity index (χ3v) is 3.68. The van der Waals surface area contributed by atoms with Crippen molar-refractivity contribution in [3.05, 3.63) is 60.1 Å². The molecule has 2 aromatic carbocycles. The Kier molecular flexibility index (Phi) is 2.56. The van der Waals surface area contributed by atoms with Crippen molar-refractivity contribution in [1.29, 1.82) is 0 Å². The number of hydrogen-bond acceptors (Lipinski definition) is 4. The molecule has 2 heterocycles. The Morgan fingerprint density at radius 2 is 2.05 bits per heavy atom. The summed E-state index contributed by atoms with van der Waals surface area (Å²) in [4.78, 5) is 16.9. The van der Waals surface area contributed by atoms with Crippen molar-refractivity contribution >= 4 is 33.6 Å². The van der Waals surface area contributed by atoms with Crippen LogP contribution in [0.5, 0.6) is 0 Å². The Bertz CT molecular complexity index is 1030. The number of carbonyl (C=O) groups excluding carboxylic acids is 1. The minimum absolute atomic E-state index is 0.249. The number of benzene rings is 2. The van der Waals surface area contributed by atoms with E-state index in [1.165, 1.54) is 10.9 Å². The van der Waals surface area contributed by atoms with E-state index in [4.69, 9.17) is 10.2 Å². The van der Waals surface area contributed by atoms with E-state index in [1.807, 2.05) is 25.1 Å². The van der Waals surface area contributed by atoms with E-state index in [-0.39, 0.29) is 11.7 Å². The van der Waals surface area contributed by atoms with Crippen molar-refractivity contribution in [2.75, 3.05) is 5.73 Å². The van der Waals surface area contributed by atoms with Gasteiger partial charge in [-0.2, -0.15) is 0 Å². The van der Waals surface area contributed by atoms with Gasteiger partial charge in [0.2, 0.25) is 0 Å². The molecular formula is C17H13N3O2. The number of aryl methyl sites for hydroxylation is 1. The fraction of sp³-hybridized carbons (Fsp3) is 0.0588. The number of nitrogens with zero attached hydrogens (tertiary/aromatic N) is 2. The Morgan fingerprint density at radius 3 is 2.91 bits per heavy atom. The van der Waals surface area contributed by atoms with Gasteiger partial charge in [-0.15, -0.1) is 0 Å². The summed E-state index contributed by atoms with van der Waals surface area (Å²) in [6, 6.07) is 12.9. The van der Waals surface area contributed by atoms with Crippen LogP contribution in [0.2, 0.25) is 0 Å². The quantitative estimate of drug-likeness (QED) is 0.546. The van der Waals surface area contributed by atoms with Gasteiger partial charge in [-0.05, 0) is 42.8 Å². The van der Waals surface area contributed by atoms with Crippen molar-refractivity contribution < 1.29 is 9.21 Å². The molecule has 0 bridgehead atoms. The van der Waals surface area contributed by atoms with E-state index in [9.17, 15) is 4.79 Å². The van der Waals surface area contributed by atoms with Crippen LogP contribution in [0.3, 0.4) is 0 Å². The Labute approximate surface area is 126 Å². The largest absolute Gasteiger partial charge is 0.451 e. The van der Waals surface area contributed by atoms with Crippen LogP contribution in [-0.2, 0) is 0 Å². The Morgan fingerprint density at radius 1 is 1.18 bits per heavy atom. The molecule has 4 rings (SSSR count). The molecule has 0 spiro atoms. The number of fused-ring (bicyclic) bond motifs is 2. The van der Waals surface area contributed by atoms with Crippen LogP contribution in [0.15, 0.2) is 53.2 Å². The first-order valence-electron chi connectivity index (χ1n) is 6.89. The van der Waals surface area contributed by atoms with E-state index in [0.717, 1.165) is 10.9 Å². The maximum absolute atomic E-state index is 12.7. The zero-order chi connectivity index (χ0) is 15.3. The summed E-state index contributed by atoms with van der Waals surface area (Å²) in [5.74, 6) is 0.0397. The van der Waals surface area contributed by atoms with E-state index in [2.05, 4.69) is 4.98 Å². The highest BCUT2D eigenvalue weighted by molar-refractivity contribution is 6.02. The minimum Gasteiger partial charge on any atom is -0.451 e. The maximum atomic E-state index is 12.7. The monoisotopic (exact) mass is 291 g/mol. The average molecular weight is 291 g/mol. The van der Waals surface area contributed by atoms with E-state index < -0.39 is 0 Å². The molecule has 0 saturated carbocycles. The number of nitrogens with two attached hydrogens (primary N) is 1. The molecule has 0 amide bonds. The fourth-order valence-electron chi connectivity index (χ4n) is 2.55. The standard InChI is InChI=1S/C17H13N3O2/c1-10-2-3-11-7-16(22-15(11)6-10)17(21)20-9-19-13-8-12(18)4-5-14(13)20/h2-9H,18H2,1H3. The summed E-state index contributed by atoms with van der Waals surface area (Å²) in [5, 5.41) is 0.905. The van der Waals surface area contributed by atoms with Crippen molar-refractivity contribution in [3.63, 3.8) is 0 Å². The molecule has 5 heteroatoms. The normalized spacial score (nSPS) is 11.3. The van der Waals surface area contributed by atoms with Gasteiger partial charge in [-0.25, -0.2) is 4.98 Å². The minimum atomic E-state index is -0.249. The van der Waals surface area contributed by atoms with Gasteiger partial charge in [0, 0.05) is 11.1 Å². The van der Waals surface area contributed by atoms with Crippen LogP contribution in [0.1, 0.15) is 16.1 Å². The molecule has 2 N–H and O–H groups in total. The SMILES string of the molecule is Cc1ccc2cc(C(=O)n3cnc4cc(N)ccc43)oc2c1. The van der Waals surface area contributed by atoms with E-state index >= 15 is 0 Å². The third-order valence-electron chi connectivity index (χ3n) is 3.68. The number of imidazole rings is 1. The molecule has 0 radical (unpaired) electrons. The first-order valence-corrected chi connectivity index (χ1v) is 6.89. The zero-order valence-corrected chi connectivity index (χ0v) is 11.9. The van der Waals surface area contributed by atoms with Crippen molar-refractivity contribution in [3.8, 4) is 0 Å².